The standard InChI is InChI=1S/C13H14N4O2/c1-2-19-13(18)11-6-9(14)7-16-12(11)17-10-4-3-5-15-8-10/h3-8H,2,14H2,1H3,(H,16,17). The average Bonchev–Trinajstić information content (AvgIpc) is 2.42. The lowest BCUT2D eigenvalue weighted by Gasteiger charge is -2.10. The molecule has 19 heavy (non-hydrogen) atoms. The number of rotatable bonds is 4. The zero-order valence-corrected chi connectivity index (χ0v) is 10.5. The lowest BCUT2D eigenvalue weighted by Crippen LogP contribution is -2.10. The van der Waals surface area contributed by atoms with Gasteiger partial charge in [0.25, 0.3) is 0 Å². The molecule has 2 heterocycles. The molecule has 6 nitrogen and oxygen atoms in total. The number of nitrogens with two attached hydrogens (primary N) is 1. The highest BCUT2D eigenvalue weighted by atomic mass is 16.5. The number of pyridine rings is 2. The number of nitrogens with one attached hydrogen (secondary N) is 1. The SMILES string of the molecule is CCOC(=O)c1cc(N)cnc1Nc1cccnc1. The molecule has 0 unspecified atom stereocenters. The van der Waals surface area contributed by atoms with Crippen molar-refractivity contribution in [1.82, 2.24) is 9.97 Å². The van der Waals surface area contributed by atoms with Crippen LogP contribution in [-0.2, 0) is 4.74 Å². The molecule has 0 aliphatic rings. The van der Waals surface area contributed by atoms with E-state index in [9.17, 15) is 4.79 Å². The molecule has 0 spiro atoms. The fourth-order valence-corrected chi connectivity index (χ4v) is 1.52. The Labute approximate surface area is 110 Å². The highest BCUT2D eigenvalue weighted by molar-refractivity contribution is 5.96. The fourth-order valence-electron chi connectivity index (χ4n) is 1.52. The van der Waals surface area contributed by atoms with Crippen molar-refractivity contribution in [2.45, 2.75) is 6.92 Å². The van der Waals surface area contributed by atoms with Crippen molar-refractivity contribution in [3.05, 3.63) is 42.4 Å². The zero-order valence-electron chi connectivity index (χ0n) is 10.5. The maximum Gasteiger partial charge on any atom is 0.341 e. The summed E-state index contributed by atoms with van der Waals surface area (Å²) in [5.41, 5.74) is 7.07. The van der Waals surface area contributed by atoms with Gasteiger partial charge >= 0.3 is 5.97 Å². The Morgan fingerprint density at radius 1 is 1.47 bits per heavy atom. The normalized spacial score (nSPS) is 9.95. The number of nitrogen functional groups attached to an aromatic ring is 1. The minimum Gasteiger partial charge on any atom is -0.462 e. The first-order valence-electron chi connectivity index (χ1n) is 5.80. The summed E-state index contributed by atoms with van der Waals surface area (Å²) in [5.74, 6) is -0.0747. The van der Waals surface area contributed by atoms with E-state index in [1.165, 1.54) is 12.3 Å². The molecule has 0 radical (unpaired) electrons. The molecule has 0 aromatic carbocycles. The van der Waals surface area contributed by atoms with Crippen molar-refractivity contribution in [3.63, 3.8) is 0 Å². The molecule has 0 aliphatic heterocycles. The van der Waals surface area contributed by atoms with E-state index in [-0.39, 0.29) is 0 Å². The van der Waals surface area contributed by atoms with E-state index < -0.39 is 5.97 Å². The lowest BCUT2D eigenvalue weighted by molar-refractivity contribution is 0.0527. The van der Waals surface area contributed by atoms with Crippen molar-refractivity contribution in [2.75, 3.05) is 17.7 Å². The van der Waals surface area contributed by atoms with Crippen LogP contribution in [0.15, 0.2) is 36.8 Å². The van der Waals surface area contributed by atoms with E-state index in [1.807, 2.05) is 6.07 Å². The summed E-state index contributed by atoms with van der Waals surface area (Å²) in [6, 6.07) is 5.13. The van der Waals surface area contributed by atoms with Gasteiger partial charge in [-0.1, -0.05) is 0 Å². The molecule has 6 heteroatoms. The number of carbonyl (C=O) groups excluding carboxylic acids is 1. The zero-order chi connectivity index (χ0) is 13.7. The number of anilines is 3. The van der Waals surface area contributed by atoms with Crippen LogP contribution in [0.2, 0.25) is 0 Å². The molecule has 0 bridgehead atoms. The predicted molar refractivity (Wildman–Crippen MR) is 72.1 cm³/mol. The molecule has 0 amide bonds. The molecule has 0 saturated heterocycles. The van der Waals surface area contributed by atoms with Crippen molar-refractivity contribution >= 4 is 23.2 Å². The number of hydrogen-bond acceptors (Lipinski definition) is 6. The van der Waals surface area contributed by atoms with Gasteiger partial charge in [0.05, 0.1) is 30.4 Å². The van der Waals surface area contributed by atoms with Gasteiger partial charge in [0.15, 0.2) is 0 Å². The van der Waals surface area contributed by atoms with Gasteiger partial charge in [-0.15, -0.1) is 0 Å². The highest BCUT2D eigenvalue weighted by Gasteiger charge is 2.14. The number of hydrogen-bond donors (Lipinski definition) is 2. The van der Waals surface area contributed by atoms with Crippen LogP contribution in [-0.4, -0.2) is 22.5 Å². The van der Waals surface area contributed by atoms with Gasteiger partial charge in [-0.25, -0.2) is 9.78 Å². The molecule has 3 N–H and O–H groups in total. The van der Waals surface area contributed by atoms with Gasteiger partial charge in [0.2, 0.25) is 0 Å². The van der Waals surface area contributed by atoms with Crippen LogP contribution in [0.4, 0.5) is 17.2 Å². The maximum absolute atomic E-state index is 11.8. The van der Waals surface area contributed by atoms with Gasteiger partial charge in [-0.3, -0.25) is 4.98 Å². The Balaban J connectivity index is 2.32. The Morgan fingerprint density at radius 2 is 2.32 bits per heavy atom. The van der Waals surface area contributed by atoms with Crippen molar-refractivity contribution < 1.29 is 9.53 Å². The summed E-state index contributed by atoms with van der Waals surface area (Å²) in [6.45, 7) is 2.03. The third-order valence-electron chi connectivity index (χ3n) is 2.33. The van der Waals surface area contributed by atoms with E-state index in [2.05, 4.69) is 15.3 Å². The predicted octanol–water partition coefficient (Wildman–Crippen LogP) is 1.98. The molecular weight excluding hydrogens is 244 g/mol. The summed E-state index contributed by atoms with van der Waals surface area (Å²) >= 11 is 0. The van der Waals surface area contributed by atoms with Crippen LogP contribution < -0.4 is 11.1 Å². The quantitative estimate of drug-likeness (QED) is 0.815. The van der Waals surface area contributed by atoms with Crippen LogP contribution in [0.25, 0.3) is 0 Å². The summed E-state index contributed by atoms with van der Waals surface area (Å²) in [5, 5.41) is 3.01. The largest absolute Gasteiger partial charge is 0.462 e. The number of nitrogens with zero attached hydrogens (tertiary/aromatic N) is 2. The minimum absolute atomic E-state index is 0.292. The van der Waals surface area contributed by atoms with E-state index in [1.54, 1.807) is 25.4 Å². The molecule has 2 rings (SSSR count). The van der Waals surface area contributed by atoms with Gasteiger partial charge in [-0.05, 0) is 25.1 Å². The van der Waals surface area contributed by atoms with Crippen LogP contribution in [0.3, 0.4) is 0 Å². The third-order valence-corrected chi connectivity index (χ3v) is 2.33. The van der Waals surface area contributed by atoms with Crippen LogP contribution in [0.5, 0.6) is 0 Å². The van der Waals surface area contributed by atoms with Crippen LogP contribution in [0, 0.1) is 0 Å². The minimum atomic E-state index is -0.464. The molecule has 0 atom stereocenters. The molecule has 0 fully saturated rings. The van der Waals surface area contributed by atoms with Gasteiger partial charge in [0, 0.05) is 6.20 Å². The molecule has 0 saturated carbocycles. The topological polar surface area (TPSA) is 90.1 Å². The van der Waals surface area contributed by atoms with Crippen molar-refractivity contribution in [3.8, 4) is 0 Å². The summed E-state index contributed by atoms with van der Waals surface area (Å²) in [4.78, 5) is 19.9. The first-order valence-corrected chi connectivity index (χ1v) is 5.80. The van der Waals surface area contributed by atoms with E-state index >= 15 is 0 Å². The molecule has 2 aromatic heterocycles. The molecule has 2 aromatic rings. The summed E-state index contributed by atoms with van der Waals surface area (Å²) in [7, 11) is 0. The Morgan fingerprint density at radius 3 is 3.00 bits per heavy atom. The average molecular weight is 258 g/mol. The van der Waals surface area contributed by atoms with E-state index in [0.717, 1.165) is 5.69 Å². The Hall–Kier alpha value is -2.63. The first-order chi connectivity index (χ1) is 9.20. The number of aromatic nitrogens is 2. The summed E-state index contributed by atoms with van der Waals surface area (Å²) < 4.78 is 4.97. The second-order valence-electron chi connectivity index (χ2n) is 3.75. The van der Waals surface area contributed by atoms with Crippen molar-refractivity contribution in [2.24, 2.45) is 0 Å². The number of carbonyl (C=O) groups is 1. The first kappa shape index (κ1) is 12.8. The number of ether oxygens (including phenoxy) is 1. The van der Waals surface area contributed by atoms with Gasteiger partial charge in [0.1, 0.15) is 11.4 Å². The van der Waals surface area contributed by atoms with E-state index in [4.69, 9.17) is 10.5 Å². The lowest BCUT2D eigenvalue weighted by atomic mass is 10.2. The second kappa shape index (κ2) is 5.81. The third kappa shape index (κ3) is 3.19. The molecule has 0 aliphatic carbocycles. The fraction of sp³-hybridized carbons (Fsp3) is 0.154. The smallest absolute Gasteiger partial charge is 0.341 e. The Bertz CT molecular complexity index is 572. The van der Waals surface area contributed by atoms with Gasteiger partial charge in [-0.2, -0.15) is 0 Å². The molecule has 98 valence electrons. The second-order valence-corrected chi connectivity index (χ2v) is 3.75. The van der Waals surface area contributed by atoms with E-state index in [0.29, 0.717) is 23.7 Å². The van der Waals surface area contributed by atoms with Gasteiger partial charge < -0.3 is 15.8 Å². The van der Waals surface area contributed by atoms with Crippen molar-refractivity contribution in [1.29, 1.82) is 0 Å². The van der Waals surface area contributed by atoms with Crippen LogP contribution >= 0.6 is 0 Å². The number of esters is 1. The Kier molecular flexibility index (Phi) is 3.92. The summed E-state index contributed by atoms with van der Waals surface area (Å²) in [6.07, 6.45) is 4.77. The highest BCUT2D eigenvalue weighted by Crippen LogP contribution is 2.20. The van der Waals surface area contributed by atoms with Crippen LogP contribution in [0.1, 0.15) is 17.3 Å². The maximum atomic E-state index is 11.8. The molecular formula is C13H14N4O2. The monoisotopic (exact) mass is 258 g/mol.